The van der Waals surface area contributed by atoms with Crippen LogP contribution < -0.4 is 4.90 Å². The molecule has 1 aromatic rings. The number of nitrogens with zero attached hydrogens (tertiary/aromatic N) is 2. The molecule has 1 aliphatic rings. The van der Waals surface area contributed by atoms with Crippen molar-refractivity contribution >= 4 is 17.8 Å². The Labute approximate surface area is 148 Å². The van der Waals surface area contributed by atoms with Gasteiger partial charge in [-0.1, -0.05) is 19.0 Å². The zero-order valence-corrected chi connectivity index (χ0v) is 15.6. The summed E-state index contributed by atoms with van der Waals surface area (Å²) in [4.78, 5) is 25.6. The Morgan fingerprint density at radius 3 is 2.40 bits per heavy atom. The monoisotopic (exact) mass is 352 g/mol. The third-order valence-corrected chi connectivity index (χ3v) is 4.31. The predicted octanol–water partition coefficient (Wildman–Crippen LogP) is 3.06. The minimum absolute atomic E-state index is 0.0868. The molecule has 25 heavy (non-hydrogen) atoms. The van der Waals surface area contributed by atoms with Crippen LogP contribution in [0.15, 0.2) is 10.6 Å². The molecule has 0 aromatic carbocycles. The summed E-state index contributed by atoms with van der Waals surface area (Å²) in [5.74, 6) is -0.975. The first-order chi connectivity index (χ1) is 11.6. The number of aromatic nitrogens is 1. The van der Waals surface area contributed by atoms with Gasteiger partial charge in [0.2, 0.25) is 0 Å². The quantitative estimate of drug-likeness (QED) is 0.814. The Bertz CT molecular complexity index is 609. The third kappa shape index (κ3) is 4.96. The fourth-order valence-corrected chi connectivity index (χ4v) is 3.04. The number of ether oxygens (including phenoxy) is 1. The Morgan fingerprint density at radius 1 is 1.32 bits per heavy atom. The lowest BCUT2D eigenvalue weighted by molar-refractivity contribution is -0.160. The number of carbonyl (C=O) groups is 2. The number of anilines is 1. The Morgan fingerprint density at radius 2 is 1.92 bits per heavy atom. The van der Waals surface area contributed by atoms with Crippen LogP contribution in [-0.2, 0) is 14.3 Å². The molecule has 1 aliphatic heterocycles. The molecular weight excluding hydrogens is 324 g/mol. The van der Waals surface area contributed by atoms with Crippen LogP contribution in [0.5, 0.6) is 0 Å². The molecular formula is C18H28N2O5. The molecule has 140 valence electrons. The summed E-state index contributed by atoms with van der Waals surface area (Å²) in [6.45, 7) is 10.6. The fourth-order valence-electron chi connectivity index (χ4n) is 3.04. The molecule has 0 spiro atoms. The number of piperidine rings is 1. The highest BCUT2D eigenvalue weighted by Crippen LogP contribution is 2.30. The summed E-state index contributed by atoms with van der Waals surface area (Å²) < 4.78 is 10.7. The van der Waals surface area contributed by atoms with Crippen LogP contribution >= 0.6 is 0 Å². The summed E-state index contributed by atoms with van der Waals surface area (Å²) in [6.07, 6.45) is 1.37. The molecule has 1 fully saturated rings. The van der Waals surface area contributed by atoms with Crippen LogP contribution in [0.25, 0.3) is 0 Å². The summed E-state index contributed by atoms with van der Waals surface area (Å²) in [5, 5.41) is 13.4. The molecule has 0 bridgehead atoms. The average Bonchev–Trinajstić information content (AvgIpc) is 2.94. The van der Waals surface area contributed by atoms with E-state index in [-0.39, 0.29) is 17.8 Å². The van der Waals surface area contributed by atoms with Gasteiger partial charge in [-0.3, -0.25) is 9.59 Å². The normalized spacial score (nSPS) is 17.6. The van der Waals surface area contributed by atoms with Gasteiger partial charge in [-0.2, -0.15) is 0 Å². The van der Waals surface area contributed by atoms with E-state index in [2.05, 4.69) is 5.16 Å². The summed E-state index contributed by atoms with van der Waals surface area (Å²) >= 11 is 0. The van der Waals surface area contributed by atoms with E-state index in [1.54, 1.807) is 6.07 Å². The first kappa shape index (κ1) is 19.3. The number of carboxylic acids is 1. The van der Waals surface area contributed by atoms with Crippen LogP contribution in [0.1, 0.15) is 59.1 Å². The van der Waals surface area contributed by atoms with Gasteiger partial charge in [-0.15, -0.1) is 0 Å². The number of hydrogen-bond donors (Lipinski definition) is 1. The zero-order chi connectivity index (χ0) is 18.8. The van der Waals surface area contributed by atoms with Gasteiger partial charge < -0.3 is 19.3 Å². The Balaban J connectivity index is 1.97. The Kier molecular flexibility index (Phi) is 5.75. The molecule has 0 saturated carbocycles. The van der Waals surface area contributed by atoms with Crippen molar-refractivity contribution in [3.05, 3.63) is 11.8 Å². The van der Waals surface area contributed by atoms with Gasteiger partial charge in [0.1, 0.15) is 11.5 Å². The number of hydrogen-bond acceptors (Lipinski definition) is 6. The second-order valence-corrected chi connectivity index (χ2v) is 7.94. The minimum atomic E-state index is -0.915. The number of rotatable bonds is 5. The highest BCUT2D eigenvalue weighted by Gasteiger charge is 2.32. The van der Waals surface area contributed by atoms with Gasteiger partial charge in [0.15, 0.2) is 11.6 Å². The molecule has 0 aliphatic carbocycles. The van der Waals surface area contributed by atoms with Gasteiger partial charge >= 0.3 is 11.9 Å². The van der Waals surface area contributed by atoms with Gasteiger partial charge in [-0.05, 0) is 39.5 Å². The van der Waals surface area contributed by atoms with E-state index in [4.69, 9.17) is 9.26 Å². The van der Waals surface area contributed by atoms with Crippen molar-refractivity contribution < 1.29 is 24.0 Å². The van der Waals surface area contributed by atoms with Crippen molar-refractivity contribution in [1.82, 2.24) is 5.16 Å². The SMILES string of the molecule is CC(C)C(C(=O)O)c1cc(N2CCC(C(=O)OC(C)(C)C)CC2)no1. The van der Waals surface area contributed by atoms with E-state index in [0.29, 0.717) is 37.5 Å². The molecule has 0 amide bonds. The van der Waals surface area contributed by atoms with Crippen molar-refractivity contribution in [2.45, 2.75) is 59.0 Å². The number of aliphatic carboxylic acids is 1. The lowest BCUT2D eigenvalue weighted by Crippen LogP contribution is -2.39. The van der Waals surface area contributed by atoms with Crippen LogP contribution in [0.3, 0.4) is 0 Å². The van der Waals surface area contributed by atoms with Crippen molar-refractivity contribution in [3.8, 4) is 0 Å². The number of esters is 1. The first-order valence-corrected chi connectivity index (χ1v) is 8.75. The Hall–Kier alpha value is -2.05. The lowest BCUT2D eigenvalue weighted by Gasteiger charge is -2.32. The first-order valence-electron chi connectivity index (χ1n) is 8.75. The molecule has 1 aromatic heterocycles. The van der Waals surface area contributed by atoms with Gasteiger partial charge in [0, 0.05) is 19.2 Å². The van der Waals surface area contributed by atoms with Crippen LogP contribution in [-0.4, -0.2) is 40.9 Å². The molecule has 7 heteroatoms. The molecule has 1 atom stereocenters. The predicted molar refractivity (Wildman–Crippen MR) is 92.5 cm³/mol. The zero-order valence-electron chi connectivity index (χ0n) is 15.6. The third-order valence-electron chi connectivity index (χ3n) is 4.31. The highest BCUT2D eigenvalue weighted by atomic mass is 16.6. The fraction of sp³-hybridized carbons (Fsp3) is 0.722. The summed E-state index contributed by atoms with van der Waals surface area (Å²) in [5.41, 5.74) is -0.474. The van der Waals surface area contributed by atoms with E-state index in [9.17, 15) is 14.7 Å². The van der Waals surface area contributed by atoms with Crippen LogP contribution in [0.2, 0.25) is 0 Å². The van der Waals surface area contributed by atoms with Crippen molar-refractivity contribution in [1.29, 1.82) is 0 Å². The van der Waals surface area contributed by atoms with Crippen molar-refractivity contribution in [2.75, 3.05) is 18.0 Å². The number of carboxylic acid groups (broad SMARTS) is 1. The molecule has 0 radical (unpaired) electrons. The smallest absolute Gasteiger partial charge is 0.314 e. The van der Waals surface area contributed by atoms with Crippen molar-refractivity contribution in [2.24, 2.45) is 11.8 Å². The summed E-state index contributed by atoms with van der Waals surface area (Å²) in [6, 6.07) is 1.70. The minimum Gasteiger partial charge on any atom is -0.481 e. The van der Waals surface area contributed by atoms with Gasteiger partial charge in [0.05, 0.1) is 5.92 Å². The van der Waals surface area contributed by atoms with E-state index in [1.807, 2.05) is 39.5 Å². The van der Waals surface area contributed by atoms with Crippen molar-refractivity contribution in [3.63, 3.8) is 0 Å². The summed E-state index contributed by atoms with van der Waals surface area (Å²) in [7, 11) is 0. The van der Waals surface area contributed by atoms with E-state index in [0.717, 1.165) is 0 Å². The maximum atomic E-state index is 12.2. The maximum absolute atomic E-state index is 12.2. The van der Waals surface area contributed by atoms with E-state index >= 15 is 0 Å². The molecule has 2 rings (SSSR count). The second-order valence-electron chi connectivity index (χ2n) is 7.94. The maximum Gasteiger partial charge on any atom is 0.314 e. The van der Waals surface area contributed by atoms with Crippen LogP contribution in [0, 0.1) is 11.8 Å². The number of carbonyl (C=O) groups excluding carboxylic acids is 1. The molecule has 1 N–H and O–H groups in total. The molecule has 2 heterocycles. The van der Waals surface area contributed by atoms with E-state index < -0.39 is 17.5 Å². The molecule has 7 nitrogen and oxygen atoms in total. The topological polar surface area (TPSA) is 92.9 Å². The average molecular weight is 352 g/mol. The van der Waals surface area contributed by atoms with E-state index in [1.165, 1.54) is 0 Å². The van der Waals surface area contributed by atoms with Gasteiger partial charge in [-0.25, -0.2) is 0 Å². The standard InChI is InChI=1S/C18H28N2O5/c1-11(2)15(16(21)22)13-10-14(19-25-13)20-8-6-12(7-9-20)17(23)24-18(3,4)5/h10-12,15H,6-9H2,1-5H3,(H,21,22). The molecule has 1 unspecified atom stereocenters. The largest absolute Gasteiger partial charge is 0.481 e. The highest BCUT2D eigenvalue weighted by molar-refractivity contribution is 5.76. The van der Waals surface area contributed by atoms with Crippen LogP contribution in [0.4, 0.5) is 5.82 Å². The molecule has 1 saturated heterocycles. The van der Waals surface area contributed by atoms with Gasteiger partial charge in [0.25, 0.3) is 0 Å². The lowest BCUT2D eigenvalue weighted by atomic mass is 9.93. The second kappa shape index (κ2) is 7.45.